The van der Waals surface area contributed by atoms with E-state index in [1.807, 2.05) is 13.8 Å². The van der Waals surface area contributed by atoms with Crippen LogP contribution in [0.15, 0.2) is 12.1 Å². The van der Waals surface area contributed by atoms with Crippen LogP contribution in [-0.2, 0) is 6.42 Å². The molecule has 0 amide bonds. The maximum Gasteiger partial charge on any atom is 0.121 e. The molecule has 1 fully saturated rings. The topological polar surface area (TPSA) is 32.3 Å². The van der Waals surface area contributed by atoms with Crippen molar-refractivity contribution in [3.8, 4) is 5.75 Å². The summed E-state index contributed by atoms with van der Waals surface area (Å²) in [6.45, 7) is 5.13. The van der Waals surface area contributed by atoms with Crippen molar-refractivity contribution in [3.63, 3.8) is 0 Å². The second kappa shape index (κ2) is 5.54. The van der Waals surface area contributed by atoms with Gasteiger partial charge in [0.2, 0.25) is 0 Å². The van der Waals surface area contributed by atoms with Gasteiger partial charge in [-0.15, -0.1) is 0 Å². The fraction of sp³-hybridized carbons (Fsp3) is 0.600. The molecule has 1 aliphatic heterocycles. The number of aromatic hydroxyl groups is 1. The average Bonchev–Trinajstić information content (AvgIpc) is 2.34. The third-order valence-corrected chi connectivity index (χ3v) is 3.74. The van der Waals surface area contributed by atoms with Crippen LogP contribution in [0.3, 0.4) is 0 Å². The molecule has 1 aliphatic rings. The fourth-order valence-corrected chi connectivity index (χ4v) is 2.70. The van der Waals surface area contributed by atoms with Crippen LogP contribution >= 0.6 is 0 Å². The zero-order valence-corrected chi connectivity index (χ0v) is 10.9. The Morgan fingerprint density at radius 2 is 1.94 bits per heavy atom. The third-order valence-electron chi connectivity index (χ3n) is 3.74. The van der Waals surface area contributed by atoms with Gasteiger partial charge in [0.25, 0.3) is 0 Å². The molecule has 1 aromatic rings. The number of rotatable bonds is 3. The van der Waals surface area contributed by atoms with E-state index in [4.69, 9.17) is 0 Å². The third kappa shape index (κ3) is 3.22. The molecule has 2 rings (SSSR count). The second-order valence-corrected chi connectivity index (χ2v) is 5.26. The standard InChI is InChI=1S/C15H23NO/c1-11-9-13(10-12(2)15(11)17)6-7-14-5-3-4-8-16-14/h9-10,14,16-17H,3-8H2,1-2H3. The SMILES string of the molecule is Cc1cc(CCC2CCCCN2)cc(C)c1O. The van der Waals surface area contributed by atoms with E-state index in [-0.39, 0.29) is 0 Å². The van der Waals surface area contributed by atoms with Crippen molar-refractivity contribution in [1.29, 1.82) is 0 Å². The molecule has 0 saturated carbocycles. The van der Waals surface area contributed by atoms with Crippen molar-refractivity contribution in [2.75, 3.05) is 6.54 Å². The molecule has 1 atom stereocenters. The highest BCUT2D eigenvalue weighted by Gasteiger charge is 2.12. The molecule has 1 heterocycles. The summed E-state index contributed by atoms with van der Waals surface area (Å²) in [5, 5.41) is 13.3. The molecule has 0 spiro atoms. The number of benzene rings is 1. The summed E-state index contributed by atoms with van der Waals surface area (Å²) in [5.41, 5.74) is 3.35. The smallest absolute Gasteiger partial charge is 0.121 e. The Morgan fingerprint density at radius 3 is 2.53 bits per heavy atom. The maximum absolute atomic E-state index is 9.74. The van der Waals surface area contributed by atoms with Gasteiger partial charge in [0.05, 0.1) is 0 Å². The van der Waals surface area contributed by atoms with Crippen molar-refractivity contribution in [1.82, 2.24) is 5.32 Å². The number of aryl methyl sites for hydroxylation is 3. The molecule has 1 aromatic carbocycles. The summed E-state index contributed by atoms with van der Waals surface area (Å²) in [6.07, 6.45) is 6.33. The lowest BCUT2D eigenvalue weighted by molar-refractivity contribution is 0.382. The van der Waals surface area contributed by atoms with E-state index in [9.17, 15) is 5.11 Å². The normalized spacial score (nSPS) is 20.5. The van der Waals surface area contributed by atoms with E-state index in [0.29, 0.717) is 11.8 Å². The molecule has 0 aliphatic carbocycles. The molecule has 2 heteroatoms. The van der Waals surface area contributed by atoms with E-state index >= 15 is 0 Å². The molecule has 2 nitrogen and oxygen atoms in total. The van der Waals surface area contributed by atoms with Crippen LogP contribution in [0.2, 0.25) is 0 Å². The van der Waals surface area contributed by atoms with Crippen LogP contribution in [0.4, 0.5) is 0 Å². The van der Waals surface area contributed by atoms with Crippen LogP contribution in [-0.4, -0.2) is 17.7 Å². The van der Waals surface area contributed by atoms with Crippen molar-refractivity contribution >= 4 is 0 Å². The first-order valence-corrected chi connectivity index (χ1v) is 6.69. The molecular weight excluding hydrogens is 210 g/mol. The first-order chi connectivity index (χ1) is 8.16. The molecule has 2 N–H and O–H groups in total. The summed E-state index contributed by atoms with van der Waals surface area (Å²) in [5.74, 6) is 0.449. The Labute approximate surface area is 104 Å². The summed E-state index contributed by atoms with van der Waals surface area (Å²) in [6, 6.07) is 4.93. The lowest BCUT2D eigenvalue weighted by atomic mass is 9.96. The molecule has 94 valence electrons. The molecule has 1 saturated heterocycles. The Kier molecular flexibility index (Phi) is 4.06. The first kappa shape index (κ1) is 12.4. The fourth-order valence-electron chi connectivity index (χ4n) is 2.70. The van der Waals surface area contributed by atoms with Gasteiger partial charge in [-0.1, -0.05) is 18.6 Å². The van der Waals surface area contributed by atoms with Gasteiger partial charge in [-0.25, -0.2) is 0 Å². The van der Waals surface area contributed by atoms with Crippen LogP contribution in [0, 0.1) is 13.8 Å². The Morgan fingerprint density at radius 1 is 1.24 bits per heavy atom. The monoisotopic (exact) mass is 233 g/mol. The maximum atomic E-state index is 9.74. The van der Waals surface area contributed by atoms with E-state index in [1.165, 1.54) is 37.8 Å². The minimum atomic E-state index is 0.449. The first-order valence-electron chi connectivity index (χ1n) is 6.69. The van der Waals surface area contributed by atoms with Crippen LogP contribution < -0.4 is 5.32 Å². The number of phenolic OH excluding ortho intramolecular Hbond substituents is 1. The summed E-state index contributed by atoms with van der Waals surface area (Å²) < 4.78 is 0. The van der Waals surface area contributed by atoms with Gasteiger partial charge in [0.15, 0.2) is 0 Å². The molecule has 17 heavy (non-hydrogen) atoms. The molecule has 0 bridgehead atoms. The van der Waals surface area contributed by atoms with Gasteiger partial charge in [-0.2, -0.15) is 0 Å². The molecule has 0 aromatic heterocycles. The van der Waals surface area contributed by atoms with Crippen LogP contribution in [0.25, 0.3) is 0 Å². The van der Waals surface area contributed by atoms with Gasteiger partial charge in [-0.05, 0) is 62.8 Å². The summed E-state index contributed by atoms with van der Waals surface area (Å²) in [7, 11) is 0. The van der Waals surface area contributed by atoms with Crippen LogP contribution in [0.1, 0.15) is 42.4 Å². The average molecular weight is 233 g/mol. The number of phenols is 1. The largest absolute Gasteiger partial charge is 0.507 e. The van der Waals surface area contributed by atoms with Gasteiger partial charge in [0, 0.05) is 6.04 Å². The van der Waals surface area contributed by atoms with Crippen molar-refractivity contribution in [3.05, 3.63) is 28.8 Å². The Balaban J connectivity index is 1.94. The predicted octanol–water partition coefficient (Wildman–Crippen LogP) is 3.08. The zero-order chi connectivity index (χ0) is 12.3. The van der Waals surface area contributed by atoms with E-state index in [2.05, 4.69) is 17.4 Å². The van der Waals surface area contributed by atoms with E-state index in [1.54, 1.807) is 0 Å². The van der Waals surface area contributed by atoms with Crippen molar-refractivity contribution < 1.29 is 5.11 Å². The van der Waals surface area contributed by atoms with Gasteiger partial charge >= 0.3 is 0 Å². The lowest BCUT2D eigenvalue weighted by Gasteiger charge is -2.23. The summed E-state index contributed by atoms with van der Waals surface area (Å²) in [4.78, 5) is 0. The van der Waals surface area contributed by atoms with E-state index < -0.39 is 0 Å². The molecular formula is C15H23NO. The van der Waals surface area contributed by atoms with Gasteiger partial charge in [0.1, 0.15) is 5.75 Å². The minimum Gasteiger partial charge on any atom is -0.507 e. The van der Waals surface area contributed by atoms with Crippen LogP contribution in [0.5, 0.6) is 5.75 Å². The predicted molar refractivity (Wildman–Crippen MR) is 71.5 cm³/mol. The molecule has 1 unspecified atom stereocenters. The molecule has 0 radical (unpaired) electrons. The van der Waals surface area contributed by atoms with Gasteiger partial charge in [-0.3, -0.25) is 0 Å². The highest BCUT2D eigenvalue weighted by Crippen LogP contribution is 2.24. The number of hydrogen-bond acceptors (Lipinski definition) is 2. The minimum absolute atomic E-state index is 0.449. The highest BCUT2D eigenvalue weighted by atomic mass is 16.3. The number of nitrogens with one attached hydrogen (secondary N) is 1. The Hall–Kier alpha value is -1.02. The summed E-state index contributed by atoms with van der Waals surface area (Å²) >= 11 is 0. The van der Waals surface area contributed by atoms with E-state index in [0.717, 1.165) is 17.5 Å². The lowest BCUT2D eigenvalue weighted by Crippen LogP contribution is -2.34. The zero-order valence-electron chi connectivity index (χ0n) is 10.9. The van der Waals surface area contributed by atoms with Crippen molar-refractivity contribution in [2.45, 2.75) is 52.0 Å². The second-order valence-electron chi connectivity index (χ2n) is 5.26. The quantitative estimate of drug-likeness (QED) is 0.841. The Bertz CT molecular complexity index is 358. The van der Waals surface area contributed by atoms with Crippen molar-refractivity contribution in [2.24, 2.45) is 0 Å². The number of piperidine rings is 1. The highest BCUT2D eigenvalue weighted by molar-refractivity contribution is 5.42. The van der Waals surface area contributed by atoms with Gasteiger partial charge < -0.3 is 10.4 Å². The number of hydrogen-bond donors (Lipinski definition) is 2.